The molecule has 0 aliphatic heterocycles. The summed E-state index contributed by atoms with van der Waals surface area (Å²) in [6.07, 6.45) is 2.16. The largest absolute Gasteiger partial charge is 0.490 e. The van der Waals surface area contributed by atoms with Gasteiger partial charge in [-0.1, -0.05) is 35.0 Å². The fraction of sp³-hybridized carbons (Fsp3) is 0.571. The van der Waals surface area contributed by atoms with Crippen LogP contribution in [0.25, 0.3) is 0 Å². The highest BCUT2D eigenvalue weighted by atomic mass is 79.9. The Morgan fingerprint density at radius 3 is 2.61 bits per heavy atom. The first-order valence-corrected chi connectivity index (χ1v) is 7.23. The molecule has 1 aliphatic rings. The summed E-state index contributed by atoms with van der Waals surface area (Å²) >= 11 is 3.56. The number of alkyl halides is 1. The van der Waals surface area contributed by atoms with Crippen LogP contribution < -0.4 is 9.47 Å². The van der Waals surface area contributed by atoms with Crippen LogP contribution in [0.4, 0.5) is 0 Å². The zero-order valence-corrected chi connectivity index (χ0v) is 12.4. The highest BCUT2D eigenvalue weighted by Gasteiger charge is 2.42. The molecule has 0 saturated heterocycles. The predicted molar refractivity (Wildman–Crippen MR) is 74.8 cm³/mol. The van der Waals surface area contributed by atoms with E-state index >= 15 is 0 Å². The lowest BCUT2D eigenvalue weighted by Gasteiger charge is -2.40. The number of rotatable bonds is 6. The zero-order chi connectivity index (χ0) is 13.0. The van der Waals surface area contributed by atoms with Crippen LogP contribution in [0.3, 0.4) is 0 Å². The van der Waals surface area contributed by atoms with Crippen molar-refractivity contribution in [1.82, 2.24) is 0 Å². The van der Waals surface area contributed by atoms with E-state index in [0.29, 0.717) is 11.4 Å². The molecule has 0 aromatic heterocycles. The SMILES string of the molecule is CCCOc1ccccc1OC1CC(Br)C1OC. The smallest absolute Gasteiger partial charge is 0.161 e. The summed E-state index contributed by atoms with van der Waals surface area (Å²) in [5.41, 5.74) is 0. The highest BCUT2D eigenvalue weighted by molar-refractivity contribution is 9.09. The molecule has 0 N–H and O–H groups in total. The van der Waals surface area contributed by atoms with Crippen LogP contribution in [0, 0.1) is 0 Å². The Balaban J connectivity index is 2.00. The minimum absolute atomic E-state index is 0.103. The quantitative estimate of drug-likeness (QED) is 0.753. The van der Waals surface area contributed by atoms with E-state index in [1.807, 2.05) is 24.3 Å². The summed E-state index contributed by atoms with van der Waals surface area (Å²) in [7, 11) is 1.72. The van der Waals surface area contributed by atoms with Crippen molar-refractivity contribution < 1.29 is 14.2 Å². The molecule has 3 nitrogen and oxygen atoms in total. The lowest BCUT2D eigenvalue weighted by Crippen LogP contribution is -2.51. The summed E-state index contributed by atoms with van der Waals surface area (Å²) < 4.78 is 17.0. The molecule has 2 rings (SSSR count). The molecule has 0 spiro atoms. The molecule has 3 atom stereocenters. The van der Waals surface area contributed by atoms with Crippen molar-refractivity contribution in [2.45, 2.75) is 36.8 Å². The first-order chi connectivity index (χ1) is 8.76. The third kappa shape index (κ3) is 2.98. The standard InChI is InChI=1S/C14H19BrO3/c1-3-8-17-11-6-4-5-7-12(11)18-13-9-10(15)14(13)16-2/h4-7,10,13-14H,3,8-9H2,1-2H3. The lowest BCUT2D eigenvalue weighted by atomic mass is 9.91. The third-order valence-electron chi connectivity index (χ3n) is 3.04. The second-order valence-corrected chi connectivity index (χ2v) is 5.58. The van der Waals surface area contributed by atoms with Gasteiger partial charge in [0, 0.05) is 18.4 Å². The average Bonchev–Trinajstić information content (AvgIpc) is 2.37. The Morgan fingerprint density at radius 2 is 2.00 bits per heavy atom. The molecule has 3 unspecified atom stereocenters. The van der Waals surface area contributed by atoms with Crippen molar-refractivity contribution in [2.24, 2.45) is 0 Å². The molecule has 18 heavy (non-hydrogen) atoms. The van der Waals surface area contributed by atoms with E-state index in [4.69, 9.17) is 14.2 Å². The molecular formula is C14H19BrO3. The van der Waals surface area contributed by atoms with E-state index in [0.717, 1.165) is 24.3 Å². The van der Waals surface area contributed by atoms with Crippen LogP contribution in [-0.2, 0) is 4.74 Å². The predicted octanol–water partition coefficient (Wildman–Crippen LogP) is 3.41. The molecule has 1 aliphatic carbocycles. The summed E-state index contributed by atoms with van der Waals surface area (Å²) in [5, 5.41) is 0. The van der Waals surface area contributed by atoms with E-state index < -0.39 is 0 Å². The summed E-state index contributed by atoms with van der Waals surface area (Å²) in [5.74, 6) is 1.62. The van der Waals surface area contributed by atoms with Crippen LogP contribution in [0.5, 0.6) is 11.5 Å². The topological polar surface area (TPSA) is 27.7 Å². The maximum Gasteiger partial charge on any atom is 0.161 e. The van der Waals surface area contributed by atoms with Crippen LogP contribution in [0.15, 0.2) is 24.3 Å². The van der Waals surface area contributed by atoms with Crippen molar-refractivity contribution in [3.63, 3.8) is 0 Å². The molecular weight excluding hydrogens is 296 g/mol. The van der Waals surface area contributed by atoms with Gasteiger partial charge in [0.05, 0.1) is 6.61 Å². The fourth-order valence-corrected chi connectivity index (χ4v) is 2.91. The first kappa shape index (κ1) is 13.7. The van der Waals surface area contributed by atoms with Crippen molar-refractivity contribution >= 4 is 15.9 Å². The van der Waals surface area contributed by atoms with Crippen molar-refractivity contribution in [3.8, 4) is 11.5 Å². The highest BCUT2D eigenvalue weighted by Crippen LogP contribution is 2.36. The molecule has 1 aromatic carbocycles. The molecule has 1 saturated carbocycles. The Hall–Kier alpha value is -0.740. The summed E-state index contributed by atoms with van der Waals surface area (Å²) in [4.78, 5) is 0.385. The van der Waals surface area contributed by atoms with Gasteiger partial charge in [0.1, 0.15) is 12.2 Å². The van der Waals surface area contributed by atoms with Gasteiger partial charge in [-0.2, -0.15) is 0 Å². The Labute approximate surface area is 117 Å². The Bertz CT molecular complexity index is 383. The molecule has 1 fully saturated rings. The fourth-order valence-electron chi connectivity index (χ4n) is 1.98. The van der Waals surface area contributed by atoms with Crippen LogP contribution in [-0.4, -0.2) is 30.8 Å². The number of para-hydroxylation sites is 2. The van der Waals surface area contributed by atoms with Gasteiger partial charge >= 0.3 is 0 Å². The lowest BCUT2D eigenvalue weighted by molar-refractivity contribution is -0.0553. The number of hydrogen-bond acceptors (Lipinski definition) is 3. The zero-order valence-electron chi connectivity index (χ0n) is 10.8. The monoisotopic (exact) mass is 314 g/mol. The number of hydrogen-bond donors (Lipinski definition) is 0. The normalized spacial score (nSPS) is 26.5. The van der Waals surface area contributed by atoms with Gasteiger partial charge in [-0.3, -0.25) is 0 Å². The second kappa shape index (κ2) is 6.43. The van der Waals surface area contributed by atoms with Gasteiger partial charge in [0.2, 0.25) is 0 Å². The Morgan fingerprint density at radius 1 is 1.28 bits per heavy atom. The summed E-state index contributed by atoms with van der Waals surface area (Å²) in [6.45, 7) is 2.80. The Kier molecular flexibility index (Phi) is 4.89. The van der Waals surface area contributed by atoms with Gasteiger partial charge in [-0.05, 0) is 18.6 Å². The van der Waals surface area contributed by atoms with E-state index in [1.54, 1.807) is 7.11 Å². The molecule has 0 radical (unpaired) electrons. The summed E-state index contributed by atoms with van der Waals surface area (Å²) in [6, 6.07) is 7.80. The van der Waals surface area contributed by atoms with Crippen LogP contribution in [0.2, 0.25) is 0 Å². The van der Waals surface area contributed by atoms with Gasteiger partial charge in [-0.15, -0.1) is 0 Å². The van der Waals surface area contributed by atoms with Crippen LogP contribution >= 0.6 is 15.9 Å². The number of methoxy groups -OCH3 is 1. The molecule has 0 heterocycles. The van der Waals surface area contributed by atoms with E-state index in [-0.39, 0.29) is 12.2 Å². The third-order valence-corrected chi connectivity index (χ3v) is 3.94. The van der Waals surface area contributed by atoms with Crippen molar-refractivity contribution in [2.75, 3.05) is 13.7 Å². The van der Waals surface area contributed by atoms with Gasteiger partial charge in [0.25, 0.3) is 0 Å². The second-order valence-electron chi connectivity index (χ2n) is 4.40. The number of halogens is 1. The van der Waals surface area contributed by atoms with E-state index in [1.165, 1.54) is 0 Å². The molecule has 100 valence electrons. The van der Waals surface area contributed by atoms with Crippen LogP contribution in [0.1, 0.15) is 19.8 Å². The number of benzene rings is 1. The number of ether oxygens (including phenoxy) is 3. The maximum absolute atomic E-state index is 5.97. The minimum atomic E-state index is 0.103. The molecule has 4 heteroatoms. The van der Waals surface area contributed by atoms with Gasteiger partial charge < -0.3 is 14.2 Å². The molecule has 1 aromatic rings. The average molecular weight is 315 g/mol. The van der Waals surface area contributed by atoms with E-state index in [9.17, 15) is 0 Å². The molecule has 0 amide bonds. The minimum Gasteiger partial charge on any atom is -0.490 e. The van der Waals surface area contributed by atoms with Gasteiger partial charge in [0.15, 0.2) is 11.5 Å². The van der Waals surface area contributed by atoms with Gasteiger partial charge in [-0.25, -0.2) is 0 Å². The first-order valence-electron chi connectivity index (χ1n) is 6.31. The maximum atomic E-state index is 5.97. The van der Waals surface area contributed by atoms with E-state index in [2.05, 4.69) is 22.9 Å². The molecule has 0 bridgehead atoms. The van der Waals surface area contributed by atoms with Crippen molar-refractivity contribution in [1.29, 1.82) is 0 Å². The van der Waals surface area contributed by atoms with Crippen molar-refractivity contribution in [3.05, 3.63) is 24.3 Å².